The zero-order valence-corrected chi connectivity index (χ0v) is 19.8. The summed E-state index contributed by atoms with van der Waals surface area (Å²) in [5.41, 5.74) is 1.86. The Labute approximate surface area is 193 Å². The van der Waals surface area contributed by atoms with Crippen LogP contribution in [0.15, 0.2) is 71.6 Å². The number of aromatic nitrogens is 2. The topological polar surface area (TPSA) is 93.1 Å². The molecule has 0 bridgehead atoms. The summed E-state index contributed by atoms with van der Waals surface area (Å²) < 4.78 is 30.8. The number of hydrogen-bond donors (Lipinski definition) is 2. The average molecular weight is 465 g/mol. The minimum Gasteiger partial charge on any atom is -0.347 e. The molecule has 1 aromatic heterocycles. The van der Waals surface area contributed by atoms with Crippen molar-refractivity contribution in [2.75, 3.05) is 0 Å². The van der Waals surface area contributed by atoms with Crippen LogP contribution in [-0.4, -0.2) is 29.9 Å². The van der Waals surface area contributed by atoms with E-state index in [-0.39, 0.29) is 23.3 Å². The summed E-state index contributed by atoms with van der Waals surface area (Å²) in [6.45, 7) is 6.58. The summed E-state index contributed by atoms with van der Waals surface area (Å²) in [6, 6.07) is 19.4. The number of nitrogens with zero attached hydrogens (tertiary/aromatic N) is 2. The van der Waals surface area contributed by atoms with Crippen molar-refractivity contribution >= 4 is 37.7 Å². The van der Waals surface area contributed by atoms with Crippen LogP contribution in [-0.2, 0) is 27.9 Å². The predicted octanol–water partition coefficient (Wildman–Crippen LogP) is 3.83. The Morgan fingerprint density at radius 3 is 2.42 bits per heavy atom. The molecular formula is C25H28N4O3S. The Morgan fingerprint density at radius 2 is 1.70 bits per heavy atom. The minimum atomic E-state index is -3.89. The van der Waals surface area contributed by atoms with Gasteiger partial charge in [-0.1, -0.05) is 56.3 Å². The van der Waals surface area contributed by atoms with E-state index in [0.29, 0.717) is 6.54 Å². The van der Waals surface area contributed by atoms with E-state index in [1.807, 2.05) is 73.9 Å². The van der Waals surface area contributed by atoms with Crippen LogP contribution in [0, 0.1) is 5.92 Å². The van der Waals surface area contributed by atoms with E-state index in [1.54, 1.807) is 18.2 Å². The molecule has 1 heterocycles. The lowest BCUT2D eigenvalue weighted by molar-refractivity contribution is -0.123. The molecule has 3 aromatic carbocycles. The number of benzene rings is 3. The van der Waals surface area contributed by atoms with Gasteiger partial charge >= 0.3 is 0 Å². The molecule has 33 heavy (non-hydrogen) atoms. The molecule has 8 heteroatoms. The van der Waals surface area contributed by atoms with E-state index in [4.69, 9.17) is 0 Å². The Bertz CT molecular complexity index is 1410. The number of amides is 1. The summed E-state index contributed by atoms with van der Waals surface area (Å²) in [5.74, 6) is 0.0984. The van der Waals surface area contributed by atoms with E-state index >= 15 is 0 Å². The maximum atomic E-state index is 13.1. The number of rotatable bonds is 8. The van der Waals surface area contributed by atoms with Crippen molar-refractivity contribution in [3.8, 4) is 0 Å². The SMILES string of the molecule is CCn1c(CNC(=O)C(NS(=O)(=O)c2ccc3ccccc3c2)C(C)C)nc2ccccc21. The van der Waals surface area contributed by atoms with Gasteiger partial charge in [0.05, 0.1) is 22.5 Å². The zero-order chi connectivity index (χ0) is 23.6. The molecule has 0 saturated carbocycles. The van der Waals surface area contributed by atoms with Crippen LogP contribution in [0.5, 0.6) is 0 Å². The van der Waals surface area contributed by atoms with Gasteiger partial charge in [0.25, 0.3) is 0 Å². The molecule has 7 nitrogen and oxygen atoms in total. The van der Waals surface area contributed by atoms with Crippen molar-refractivity contribution in [1.29, 1.82) is 0 Å². The van der Waals surface area contributed by atoms with Crippen LogP contribution in [0.1, 0.15) is 26.6 Å². The molecule has 4 aromatic rings. The molecule has 0 aliphatic heterocycles. The third-order valence-corrected chi connectivity index (χ3v) is 7.17. The number of hydrogen-bond acceptors (Lipinski definition) is 4. The number of imidazole rings is 1. The normalized spacial score (nSPS) is 13.0. The average Bonchev–Trinajstić information content (AvgIpc) is 3.18. The van der Waals surface area contributed by atoms with Crippen LogP contribution in [0.3, 0.4) is 0 Å². The van der Waals surface area contributed by atoms with Crippen molar-refractivity contribution in [1.82, 2.24) is 19.6 Å². The van der Waals surface area contributed by atoms with Gasteiger partial charge in [0.2, 0.25) is 15.9 Å². The number of fused-ring (bicyclic) bond motifs is 2. The van der Waals surface area contributed by atoms with Gasteiger partial charge in [0.15, 0.2) is 0 Å². The third kappa shape index (κ3) is 4.77. The largest absolute Gasteiger partial charge is 0.347 e. The fraction of sp³-hybridized carbons (Fsp3) is 0.280. The number of sulfonamides is 1. The molecule has 0 radical (unpaired) electrons. The van der Waals surface area contributed by atoms with Gasteiger partial charge < -0.3 is 9.88 Å². The maximum absolute atomic E-state index is 13.1. The highest BCUT2D eigenvalue weighted by molar-refractivity contribution is 7.89. The second-order valence-corrected chi connectivity index (χ2v) is 10.0. The van der Waals surface area contributed by atoms with Crippen molar-refractivity contribution in [2.24, 2.45) is 5.92 Å². The predicted molar refractivity (Wildman–Crippen MR) is 130 cm³/mol. The quantitative estimate of drug-likeness (QED) is 0.414. The molecule has 0 aliphatic rings. The van der Waals surface area contributed by atoms with Crippen LogP contribution in [0.25, 0.3) is 21.8 Å². The lowest BCUT2D eigenvalue weighted by Gasteiger charge is -2.22. The number of nitrogens with one attached hydrogen (secondary N) is 2. The highest BCUT2D eigenvalue weighted by Gasteiger charge is 2.28. The summed E-state index contributed by atoms with van der Waals surface area (Å²) >= 11 is 0. The standard InChI is InChI=1S/C25H28N4O3S/c1-4-29-22-12-8-7-11-21(22)27-23(29)16-26-25(30)24(17(2)3)28-33(31,32)20-14-13-18-9-5-6-10-19(18)15-20/h5-15,17,24,28H,4,16H2,1-3H3,(H,26,30). The van der Waals surface area contributed by atoms with Gasteiger partial charge in [0.1, 0.15) is 11.9 Å². The summed E-state index contributed by atoms with van der Waals surface area (Å²) in [6.07, 6.45) is 0. The maximum Gasteiger partial charge on any atom is 0.241 e. The fourth-order valence-corrected chi connectivity index (χ4v) is 5.33. The highest BCUT2D eigenvalue weighted by atomic mass is 32.2. The van der Waals surface area contributed by atoms with Crippen molar-refractivity contribution in [3.05, 3.63) is 72.6 Å². The molecule has 4 rings (SSSR count). The second-order valence-electron chi connectivity index (χ2n) is 8.33. The molecule has 2 N–H and O–H groups in total. The van der Waals surface area contributed by atoms with Gasteiger partial charge in [0, 0.05) is 6.54 Å². The first-order valence-electron chi connectivity index (χ1n) is 11.0. The van der Waals surface area contributed by atoms with Crippen LogP contribution in [0.2, 0.25) is 0 Å². The minimum absolute atomic E-state index is 0.132. The second kappa shape index (κ2) is 9.33. The molecule has 0 aliphatic carbocycles. The Balaban J connectivity index is 1.52. The smallest absolute Gasteiger partial charge is 0.241 e. The summed E-state index contributed by atoms with van der Waals surface area (Å²) in [7, 11) is -3.89. The molecule has 1 unspecified atom stereocenters. The molecular weight excluding hydrogens is 436 g/mol. The molecule has 1 atom stereocenters. The molecule has 0 spiro atoms. The van der Waals surface area contributed by atoms with Gasteiger partial charge in [-0.05, 0) is 47.9 Å². The van der Waals surface area contributed by atoms with Crippen LogP contribution >= 0.6 is 0 Å². The summed E-state index contributed by atoms with van der Waals surface area (Å²) in [4.78, 5) is 17.8. The lowest BCUT2D eigenvalue weighted by Crippen LogP contribution is -2.49. The third-order valence-electron chi connectivity index (χ3n) is 5.73. The van der Waals surface area contributed by atoms with E-state index in [2.05, 4.69) is 15.0 Å². The van der Waals surface area contributed by atoms with E-state index < -0.39 is 16.1 Å². The summed E-state index contributed by atoms with van der Waals surface area (Å²) in [5, 5.41) is 4.65. The van der Waals surface area contributed by atoms with E-state index in [1.165, 1.54) is 0 Å². The molecule has 172 valence electrons. The Hall–Kier alpha value is -3.23. The number of carbonyl (C=O) groups excluding carboxylic acids is 1. The molecule has 0 fully saturated rings. The Kier molecular flexibility index (Phi) is 6.49. The number of aryl methyl sites for hydroxylation is 1. The molecule has 1 amide bonds. The zero-order valence-electron chi connectivity index (χ0n) is 18.9. The van der Waals surface area contributed by atoms with E-state index in [9.17, 15) is 13.2 Å². The van der Waals surface area contributed by atoms with Crippen molar-refractivity contribution in [2.45, 2.75) is 44.8 Å². The monoisotopic (exact) mass is 464 g/mol. The lowest BCUT2D eigenvalue weighted by atomic mass is 10.1. The first-order valence-corrected chi connectivity index (χ1v) is 12.5. The highest BCUT2D eigenvalue weighted by Crippen LogP contribution is 2.20. The fourth-order valence-electron chi connectivity index (χ4n) is 3.95. The van der Waals surface area contributed by atoms with Crippen LogP contribution < -0.4 is 10.0 Å². The van der Waals surface area contributed by atoms with Gasteiger partial charge in [-0.25, -0.2) is 13.4 Å². The first kappa shape index (κ1) is 22.9. The van der Waals surface area contributed by atoms with E-state index in [0.717, 1.165) is 27.6 Å². The first-order chi connectivity index (χ1) is 15.8. The van der Waals surface area contributed by atoms with Gasteiger partial charge in [-0.2, -0.15) is 4.72 Å². The number of para-hydroxylation sites is 2. The van der Waals surface area contributed by atoms with Crippen molar-refractivity contribution in [3.63, 3.8) is 0 Å². The Morgan fingerprint density at radius 1 is 1.00 bits per heavy atom. The molecule has 0 saturated heterocycles. The van der Waals surface area contributed by atoms with Gasteiger partial charge in [-0.15, -0.1) is 0 Å². The number of carbonyl (C=O) groups is 1. The van der Waals surface area contributed by atoms with Gasteiger partial charge in [-0.3, -0.25) is 4.79 Å². The van der Waals surface area contributed by atoms with Crippen LogP contribution in [0.4, 0.5) is 0 Å². The van der Waals surface area contributed by atoms with Crippen molar-refractivity contribution < 1.29 is 13.2 Å².